The number of hydrogen-bond donors (Lipinski definition) is 1. The summed E-state index contributed by atoms with van der Waals surface area (Å²) < 4.78 is 34.3. The van der Waals surface area contributed by atoms with Gasteiger partial charge >= 0.3 is 5.69 Å². The van der Waals surface area contributed by atoms with Gasteiger partial charge in [0.1, 0.15) is 10.6 Å². The van der Waals surface area contributed by atoms with Crippen molar-refractivity contribution >= 4 is 32.0 Å². The summed E-state index contributed by atoms with van der Waals surface area (Å²) in [5, 5.41) is 14.1. The molecule has 0 saturated heterocycles. The van der Waals surface area contributed by atoms with E-state index >= 15 is 0 Å². The maximum absolute atomic E-state index is 11.6. The largest absolute Gasteiger partial charge is 0.377 e. The number of nitro benzene ring substituents is 1. The molecule has 0 heterocycles. The highest BCUT2D eigenvalue weighted by Gasteiger charge is 2.26. The van der Waals surface area contributed by atoms with Gasteiger partial charge in [-0.25, -0.2) is 8.42 Å². The first kappa shape index (κ1) is 17.6. The van der Waals surface area contributed by atoms with Gasteiger partial charge in [-0.2, -0.15) is 0 Å². The minimum absolute atomic E-state index is 0.150. The highest BCUT2D eigenvalue weighted by Crippen LogP contribution is 2.32. The minimum atomic E-state index is -3.69. The third-order valence-electron chi connectivity index (χ3n) is 2.82. The Balaban J connectivity index is 3.13. The van der Waals surface area contributed by atoms with Crippen molar-refractivity contribution in [3.05, 3.63) is 28.3 Å². The van der Waals surface area contributed by atoms with E-state index in [4.69, 9.17) is 0 Å². The van der Waals surface area contributed by atoms with E-state index in [9.17, 15) is 22.7 Å². The van der Waals surface area contributed by atoms with Crippen molar-refractivity contribution in [1.82, 2.24) is 0 Å². The van der Waals surface area contributed by atoms with Gasteiger partial charge < -0.3 is 5.32 Å². The van der Waals surface area contributed by atoms with E-state index in [0.717, 1.165) is 6.26 Å². The van der Waals surface area contributed by atoms with Crippen LogP contribution in [0.2, 0.25) is 0 Å². The second-order valence-electron chi connectivity index (χ2n) is 4.79. The number of nitrogens with zero attached hydrogens (tertiary/aromatic N) is 1. The van der Waals surface area contributed by atoms with Crippen molar-refractivity contribution in [3.8, 4) is 0 Å². The molecule has 0 fully saturated rings. The first-order chi connectivity index (χ1) is 9.62. The Hall–Kier alpha value is -1.48. The number of nitro groups is 1. The van der Waals surface area contributed by atoms with Crippen LogP contribution in [0.5, 0.6) is 0 Å². The van der Waals surface area contributed by atoms with E-state index in [-0.39, 0.29) is 16.6 Å². The predicted octanol–water partition coefficient (Wildman–Crippen LogP) is 1.57. The molecule has 1 aromatic rings. The first-order valence-corrected chi connectivity index (χ1v) is 9.78. The average Bonchev–Trinajstić information content (AvgIpc) is 2.34. The van der Waals surface area contributed by atoms with Crippen molar-refractivity contribution in [2.75, 3.05) is 23.6 Å². The Labute approximate surface area is 126 Å². The molecule has 21 heavy (non-hydrogen) atoms. The number of sulfone groups is 1. The molecule has 2 unspecified atom stereocenters. The highest BCUT2D eigenvalue weighted by atomic mass is 32.2. The van der Waals surface area contributed by atoms with Crippen molar-refractivity contribution in [3.63, 3.8) is 0 Å². The fraction of sp³-hybridized carbons (Fsp3) is 0.500. The van der Waals surface area contributed by atoms with Gasteiger partial charge in [0.15, 0.2) is 9.84 Å². The summed E-state index contributed by atoms with van der Waals surface area (Å²) in [6.45, 7) is 1.80. The molecule has 0 radical (unpaired) electrons. The molecular weight excluding hydrogens is 316 g/mol. The van der Waals surface area contributed by atoms with Gasteiger partial charge in [0.2, 0.25) is 0 Å². The molecule has 2 atom stereocenters. The lowest BCUT2D eigenvalue weighted by molar-refractivity contribution is -0.386. The van der Waals surface area contributed by atoms with Gasteiger partial charge in [-0.05, 0) is 25.5 Å². The summed E-state index contributed by atoms with van der Waals surface area (Å²) in [5.41, 5.74) is -0.304. The third kappa shape index (κ3) is 5.09. The summed E-state index contributed by atoms with van der Waals surface area (Å²) in [7, 11) is -4.64. The minimum Gasteiger partial charge on any atom is -0.377 e. The van der Waals surface area contributed by atoms with Crippen LogP contribution in [-0.2, 0) is 20.6 Å². The molecule has 1 aromatic carbocycles. The van der Waals surface area contributed by atoms with E-state index < -0.39 is 31.2 Å². The molecule has 9 heteroatoms. The molecule has 0 bridgehead atoms. The fourth-order valence-corrected chi connectivity index (χ4v) is 3.35. The summed E-state index contributed by atoms with van der Waals surface area (Å²) in [6.07, 6.45) is 3.07. The summed E-state index contributed by atoms with van der Waals surface area (Å²) in [4.78, 5) is 10.2. The topological polar surface area (TPSA) is 106 Å². The summed E-state index contributed by atoms with van der Waals surface area (Å²) in [5.74, 6) is 0.466. The van der Waals surface area contributed by atoms with Gasteiger partial charge in [0, 0.05) is 35.1 Å². The van der Waals surface area contributed by atoms with E-state index in [1.807, 2.05) is 0 Å². The lowest BCUT2D eigenvalue weighted by Crippen LogP contribution is -2.19. The molecule has 0 aliphatic heterocycles. The smallest absolute Gasteiger partial charge is 0.310 e. The zero-order valence-electron chi connectivity index (χ0n) is 12.0. The predicted molar refractivity (Wildman–Crippen MR) is 82.8 cm³/mol. The molecule has 1 rings (SSSR count). The van der Waals surface area contributed by atoms with Gasteiger partial charge in [-0.15, -0.1) is 0 Å². The van der Waals surface area contributed by atoms with Gasteiger partial charge in [-0.3, -0.25) is 14.3 Å². The van der Waals surface area contributed by atoms with Crippen LogP contribution >= 0.6 is 0 Å². The zero-order valence-corrected chi connectivity index (χ0v) is 13.7. The Bertz CT molecular complexity index is 658. The zero-order chi connectivity index (χ0) is 16.2. The van der Waals surface area contributed by atoms with Gasteiger partial charge in [0.05, 0.1) is 4.92 Å². The second kappa shape index (κ2) is 6.99. The lowest BCUT2D eigenvalue weighted by atomic mass is 10.2. The van der Waals surface area contributed by atoms with Crippen LogP contribution in [-0.4, -0.2) is 41.9 Å². The number of rotatable bonds is 7. The monoisotopic (exact) mass is 334 g/mol. The first-order valence-electron chi connectivity index (χ1n) is 6.17. The van der Waals surface area contributed by atoms with Crippen molar-refractivity contribution < 1.29 is 17.6 Å². The molecule has 1 N–H and O–H groups in total. The molecule has 0 aromatic heterocycles. The molecule has 118 valence electrons. The van der Waals surface area contributed by atoms with Crippen LogP contribution in [0, 0.1) is 10.1 Å². The van der Waals surface area contributed by atoms with Crippen LogP contribution in [0.3, 0.4) is 0 Å². The SMILES string of the molecule is CC(CCS(C)=O)Nc1cccc(S(C)(=O)=O)c1[N+](=O)[O-]. The standard InChI is InChI=1S/C12H18N2O5S2/c1-9(7-8-20(2)17)13-10-5-4-6-11(21(3,18)19)12(10)14(15)16/h4-6,9,13H,7-8H2,1-3H3. The Morgan fingerprint density at radius 1 is 1.43 bits per heavy atom. The Kier molecular flexibility index (Phi) is 5.85. The number of hydrogen-bond acceptors (Lipinski definition) is 6. The molecular formula is C12H18N2O5S2. The number of para-hydroxylation sites is 1. The Morgan fingerprint density at radius 3 is 2.52 bits per heavy atom. The van der Waals surface area contributed by atoms with Crippen LogP contribution in [0.25, 0.3) is 0 Å². The van der Waals surface area contributed by atoms with E-state index in [0.29, 0.717) is 12.2 Å². The third-order valence-corrected chi connectivity index (χ3v) is 4.76. The molecule has 0 spiro atoms. The molecule has 0 aliphatic rings. The number of anilines is 1. The van der Waals surface area contributed by atoms with Crippen molar-refractivity contribution in [1.29, 1.82) is 0 Å². The molecule has 0 amide bonds. The highest BCUT2D eigenvalue weighted by molar-refractivity contribution is 7.90. The van der Waals surface area contributed by atoms with Crippen molar-refractivity contribution in [2.45, 2.75) is 24.3 Å². The maximum Gasteiger partial charge on any atom is 0.310 e. The molecule has 7 nitrogen and oxygen atoms in total. The quantitative estimate of drug-likeness (QED) is 0.599. The second-order valence-corrected chi connectivity index (χ2v) is 8.33. The summed E-state index contributed by atoms with van der Waals surface area (Å²) >= 11 is 0. The van der Waals surface area contributed by atoms with Crippen molar-refractivity contribution in [2.24, 2.45) is 0 Å². The van der Waals surface area contributed by atoms with E-state index in [2.05, 4.69) is 5.32 Å². The fourth-order valence-electron chi connectivity index (χ4n) is 1.81. The van der Waals surface area contributed by atoms with Gasteiger partial charge in [-0.1, -0.05) is 6.07 Å². The Morgan fingerprint density at radius 2 is 2.05 bits per heavy atom. The van der Waals surface area contributed by atoms with Gasteiger partial charge in [0.25, 0.3) is 0 Å². The van der Waals surface area contributed by atoms with Crippen LogP contribution < -0.4 is 5.32 Å². The lowest BCUT2D eigenvalue weighted by Gasteiger charge is -2.15. The van der Waals surface area contributed by atoms with E-state index in [1.54, 1.807) is 13.2 Å². The van der Waals surface area contributed by atoms with Crippen LogP contribution in [0.15, 0.2) is 23.1 Å². The normalized spacial score (nSPS) is 14.4. The number of benzene rings is 1. The average molecular weight is 334 g/mol. The molecule has 0 saturated carbocycles. The van der Waals surface area contributed by atoms with Crippen LogP contribution in [0.4, 0.5) is 11.4 Å². The number of nitrogens with one attached hydrogen (secondary N) is 1. The van der Waals surface area contributed by atoms with Crippen LogP contribution in [0.1, 0.15) is 13.3 Å². The van der Waals surface area contributed by atoms with E-state index in [1.165, 1.54) is 18.2 Å². The maximum atomic E-state index is 11.6. The molecule has 0 aliphatic carbocycles. The summed E-state index contributed by atoms with van der Waals surface area (Å²) in [6, 6.07) is 3.97.